The number of rotatable bonds is 7. The molecular formula is C19H21NO6. The summed E-state index contributed by atoms with van der Waals surface area (Å²) in [6.45, 7) is 2.04. The second-order valence-corrected chi connectivity index (χ2v) is 5.13. The van der Waals surface area contributed by atoms with Crippen molar-refractivity contribution in [3.8, 4) is 17.2 Å². The molecule has 0 fully saturated rings. The number of benzene rings is 2. The summed E-state index contributed by atoms with van der Waals surface area (Å²) >= 11 is 0. The highest BCUT2D eigenvalue weighted by atomic mass is 16.5. The van der Waals surface area contributed by atoms with E-state index in [0.717, 1.165) is 0 Å². The Morgan fingerprint density at radius 1 is 0.885 bits per heavy atom. The fourth-order valence-corrected chi connectivity index (χ4v) is 2.38. The maximum Gasteiger partial charge on any atom is 0.338 e. The van der Waals surface area contributed by atoms with Gasteiger partial charge in [0.2, 0.25) is 5.75 Å². The van der Waals surface area contributed by atoms with Gasteiger partial charge < -0.3 is 24.3 Å². The van der Waals surface area contributed by atoms with Crippen LogP contribution in [0.3, 0.4) is 0 Å². The Labute approximate surface area is 151 Å². The minimum Gasteiger partial charge on any atom is -0.493 e. The summed E-state index contributed by atoms with van der Waals surface area (Å²) in [6.07, 6.45) is 0. The van der Waals surface area contributed by atoms with E-state index in [1.54, 1.807) is 43.3 Å². The summed E-state index contributed by atoms with van der Waals surface area (Å²) in [5.41, 5.74) is 1.23. The average Bonchev–Trinajstić information content (AvgIpc) is 2.67. The van der Waals surface area contributed by atoms with Crippen molar-refractivity contribution in [3.63, 3.8) is 0 Å². The van der Waals surface area contributed by atoms with E-state index in [4.69, 9.17) is 18.9 Å². The lowest BCUT2D eigenvalue weighted by atomic mass is 10.1. The van der Waals surface area contributed by atoms with E-state index in [9.17, 15) is 9.59 Å². The van der Waals surface area contributed by atoms with Gasteiger partial charge in [-0.15, -0.1) is 0 Å². The molecule has 0 spiro atoms. The standard InChI is InChI=1S/C19H21NO6/c1-5-26-19(22)12-6-8-13(9-7-12)20-18(21)14-10-11-15(23-2)17(25-4)16(14)24-3/h6-11H,5H2,1-4H3,(H,20,21). The zero-order valence-electron chi connectivity index (χ0n) is 15.1. The molecule has 0 saturated heterocycles. The number of anilines is 1. The molecule has 2 rings (SSSR count). The van der Waals surface area contributed by atoms with Crippen LogP contribution in [0.1, 0.15) is 27.6 Å². The fraction of sp³-hybridized carbons (Fsp3) is 0.263. The highest BCUT2D eigenvalue weighted by Crippen LogP contribution is 2.39. The number of ether oxygens (including phenoxy) is 4. The van der Waals surface area contributed by atoms with Gasteiger partial charge in [0.1, 0.15) is 0 Å². The van der Waals surface area contributed by atoms with E-state index in [-0.39, 0.29) is 11.7 Å². The van der Waals surface area contributed by atoms with Crippen LogP contribution in [0.4, 0.5) is 5.69 Å². The third kappa shape index (κ3) is 4.05. The number of carbonyl (C=O) groups excluding carboxylic acids is 2. The van der Waals surface area contributed by atoms with Crippen LogP contribution in [-0.4, -0.2) is 39.8 Å². The maximum absolute atomic E-state index is 12.6. The Balaban J connectivity index is 2.23. The zero-order chi connectivity index (χ0) is 19.1. The molecule has 2 aromatic carbocycles. The van der Waals surface area contributed by atoms with Crippen molar-refractivity contribution < 1.29 is 28.5 Å². The van der Waals surface area contributed by atoms with Crippen molar-refractivity contribution in [2.45, 2.75) is 6.92 Å². The maximum atomic E-state index is 12.6. The third-order valence-corrected chi connectivity index (χ3v) is 3.60. The van der Waals surface area contributed by atoms with Crippen LogP contribution in [0, 0.1) is 0 Å². The quantitative estimate of drug-likeness (QED) is 0.765. The summed E-state index contributed by atoms with van der Waals surface area (Å²) in [7, 11) is 4.42. The summed E-state index contributed by atoms with van der Waals surface area (Å²) in [4.78, 5) is 24.3. The van der Waals surface area contributed by atoms with Crippen LogP contribution >= 0.6 is 0 Å². The molecule has 0 unspecified atom stereocenters. The molecule has 7 heteroatoms. The first-order chi connectivity index (χ1) is 12.5. The SMILES string of the molecule is CCOC(=O)c1ccc(NC(=O)c2ccc(OC)c(OC)c2OC)cc1. The number of methoxy groups -OCH3 is 3. The molecule has 0 atom stereocenters. The molecule has 1 amide bonds. The first kappa shape index (κ1) is 19.1. The average molecular weight is 359 g/mol. The first-order valence-corrected chi connectivity index (χ1v) is 7.93. The lowest BCUT2D eigenvalue weighted by Crippen LogP contribution is -2.14. The summed E-state index contributed by atoms with van der Waals surface area (Å²) in [5, 5.41) is 2.75. The number of nitrogens with one attached hydrogen (secondary N) is 1. The molecule has 0 saturated carbocycles. The Morgan fingerprint density at radius 3 is 2.08 bits per heavy atom. The molecule has 138 valence electrons. The van der Waals surface area contributed by atoms with Gasteiger partial charge in [0, 0.05) is 5.69 Å². The first-order valence-electron chi connectivity index (χ1n) is 7.93. The normalized spacial score (nSPS) is 10.0. The molecule has 0 bridgehead atoms. The van der Waals surface area contributed by atoms with E-state index in [0.29, 0.717) is 34.9 Å². The highest BCUT2D eigenvalue weighted by molar-refractivity contribution is 6.07. The minimum atomic E-state index is -0.410. The monoisotopic (exact) mass is 359 g/mol. The van der Waals surface area contributed by atoms with Gasteiger partial charge in [0.15, 0.2) is 11.5 Å². The molecule has 2 aromatic rings. The lowest BCUT2D eigenvalue weighted by molar-refractivity contribution is 0.0526. The van der Waals surface area contributed by atoms with Gasteiger partial charge in [-0.3, -0.25) is 4.79 Å². The lowest BCUT2D eigenvalue weighted by Gasteiger charge is -2.15. The van der Waals surface area contributed by atoms with Gasteiger partial charge in [0.05, 0.1) is 39.1 Å². The van der Waals surface area contributed by atoms with E-state index in [1.807, 2.05) is 0 Å². The van der Waals surface area contributed by atoms with Crippen molar-refractivity contribution in [1.82, 2.24) is 0 Å². The van der Waals surface area contributed by atoms with Gasteiger partial charge >= 0.3 is 5.97 Å². The van der Waals surface area contributed by atoms with E-state index < -0.39 is 5.97 Å². The molecule has 1 N–H and O–H groups in total. The largest absolute Gasteiger partial charge is 0.493 e. The predicted octanol–water partition coefficient (Wildman–Crippen LogP) is 3.14. The molecule has 0 aliphatic heterocycles. The molecule has 0 heterocycles. The van der Waals surface area contributed by atoms with Crippen LogP contribution in [0.2, 0.25) is 0 Å². The Kier molecular flexibility index (Phi) is 6.43. The number of hydrogen-bond acceptors (Lipinski definition) is 6. The molecule has 0 aliphatic rings. The van der Waals surface area contributed by atoms with Crippen molar-refractivity contribution in [2.24, 2.45) is 0 Å². The van der Waals surface area contributed by atoms with Crippen LogP contribution in [0.5, 0.6) is 17.2 Å². The number of amides is 1. The summed E-state index contributed by atoms with van der Waals surface area (Å²) < 4.78 is 20.7. The second kappa shape index (κ2) is 8.75. The second-order valence-electron chi connectivity index (χ2n) is 5.13. The Morgan fingerprint density at radius 2 is 1.54 bits per heavy atom. The summed E-state index contributed by atoms with van der Waals surface area (Å²) in [6, 6.07) is 9.62. The number of carbonyl (C=O) groups is 2. The van der Waals surface area contributed by atoms with Crippen LogP contribution < -0.4 is 19.5 Å². The predicted molar refractivity (Wildman–Crippen MR) is 96.4 cm³/mol. The Hall–Kier alpha value is -3.22. The molecule has 0 aromatic heterocycles. The third-order valence-electron chi connectivity index (χ3n) is 3.60. The van der Waals surface area contributed by atoms with Crippen LogP contribution in [-0.2, 0) is 4.74 Å². The smallest absolute Gasteiger partial charge is 0.338 e. The molecule has 26 heavy (non-hydrogen) atoms. The Bertz CT molecular complexity index is 785. The van der Waals surface area contributed by atoms with Gasteiger partial charge in [-0.2, -0.15) is 0 Å². The van der Waals surface area contributed by atoms with Crippen molar-refractivity contribution in [2.75, 3.05) is 33.3 Å². The number of esters is 1. The molecule has 7 nitrogen and oxygen atoms in total. The molecule has 0 radical (unpaired) electrons. The summed E-state index contributed by atoms with van der Waals surface area (Å²) in [5.74, 6) is 0.270. The van der Waals surface area contributed by atoms with E-state index >= 15 is 0 Å². The zero-order valence-corrected chi connectivity index (χ0v) is 15.1. The highest BCUT2D eigenvalue weighted by Gasteiger charge is 2.20. The molecular weight excluding hydrogens is 338 g/mol. The van der Waals surface area contributed by atoms with Crippen molar-refractivity contribution in [3.05, 3.63) is 47.5 Å². The van der Waals surface area contributed by atoms with Crippen LogP contribution in [0.15, 0.2) is 36.4 Å². The molecule has 0 aliphatic carbocycles. The van der Waals surface area contributed by atoms with E-state index in [2.05, 4.69) is 5.32 Å². The minimum absolute atomic E-state index is 0.271. The van der Waals surface area contributed by atoms with Gasteiger partial charge in [-0.05, 0) is 43.3 Å². The van der Waals surface area contributed by atoms with Crippen LogP contribution in [0.25, 0.3) is 0 Å². The fourth-order valence-electron chi connectivity index (χ4n) is 2.38. The van der Waals surface area contributed by atoms with Crippen molar-refractivity contribution in [1.29, 1.82) is 0 Å². The van der Waals surface area contributed by atoms with Gasteiger partial charge in [0.25, 0.3) is 5.91 Å². The van der Waals surface area contributed by atoms with Gasteiger partial charge in [-0.25, -0.2) is 4.79 Å². The topological polar surface area (TPSA) is 83.1 Å². The van der Waals surface area contributed by atoms with Gasteiger partial charge in [-0.1, -0.05) is 0 Å². The number of hydrogen-bond donors (Lipinski definition) is 1. The van der Waals surface area contributed by atoms with E-state index in [1.165, 1.54) is 21.3 Å². The van der Waals surface area contributed by atoms with Crippen molar-refractivity contribution >= 4 is 17.6 Å².